The molecular weight excluding hydrogens is 529 g/mol. The van der Waals surface area contributed by atoms with Crippen molar-refractivity contribution in [2.45, 2.75) is 71.3 Å². The van der Waals surface area contributed by atoms with Crippen molar-refractivity contribution in [2.75, 3.05) is 7.11 Å². The van der Waals surface area contributed by atoms with Crippen molar-refractivity contribution in [1.82, 2.24) is 9.55 Å². The van der Waals surface area contributed by atoms with Crippen LogP contribution < -0.4 is 9.54 Å². The number of rotatable bonds is 8. The molecule has 1 aliphatic carbocycles. The van der Waals surface area contributed by atoms with Crippen molar-refractivity contribution in [3.8, 4) is 5.75 Å². The molecule has 0 amide bonds. The molecule has 1 fully saturated rings. The van der Waals surface area contributed by atoms with Gasteiger partial charge in [-0.15, -0.1) is 11.3 Å². The number of esters is 1. The Morgan fingerprint density at radius 3 is 2.68 bits per heavy atom. The highest BCUT2D eigenvalue weighted by Gasteiger charge is 2.45. The number of hydrogen-bond donors (Lipinski definition) is 0. The van der Waals surface area contributed by atoms with Gasteiger partial charge in [0.15, 0.2) is 22.2 Å². The second kappa shape index (κ2) is 12.0. The molecule has 0 unspecified atom stereocenters. The third kappa shape index (κ3) is 7.01. The zero-order valence-corrected chi connectivity index (χ0v) is 23.7. The zero-order chi connectivity index (χ0) is 27.3. The normalized spacial score (nSPS) is 20.4. The molecule has 0 N–H and O–H groups in total. The number of benzene rings is 1. The molecule has 1 aliphatic rings. The predicted octanol–water partition coefficient (Wildman–Crippen LogP) is 6.47. The van der Waals surface area contributed by atoms with Crippen molar-refractivity contribution in [1.29, 1.82) is 0 Å². The molecule has 4 rings (SSSR count). The average molecular weight is 562 g/mol. The van der Waals surface area contributed by atoms with Crippen molar-refractivity contribution in [3.63, 3.8) is 0 Å². The lowest BCUT2D eigenvalue weighted by Crippen LogP contribution is -2.44. The summed E-state index contributed by atoms with van der Waals surface area (Å²) >= 11 is 7.41. The molecule has 38 heavy (non-hydrogen) atoms. The minimum atomic E-state index is -0.773. The highest BCUT2D eigenvalue weighted by Crippen LogP contribution is 2.42. The van der Waals surface area contributed by atoms with Crippen LogP contribution in [0.2, 0.25) is 5.02 Å². The highest BCUT2D eigenvalue weighted by molar-refractivity contribution is 7.07. The van der Waals surface area contributed by atoms with Crippen molar-refractivity contribution in [3.05, 3.63) is 69.3 Å². The van der Waals surface area contributed by atoms with E-state index in [1.165, 1.54) is 17.4 Å². The van der Waals surface area contributed by atoms with Gasteiger partial charge in [-0.05, 0) is 70.7 Å². The maximum absolute atomic E-state index is 14.4. The van der Waals surface area contributed by atoms with Crippen molar-refractivity contribution < 1.29 is 23.4 Å². The van der Waals surface area contributed by atoms with E-state index in [4.69, 9.17) is 30.8 Å². The van der Waals surface area contributed by atoms with Gasteiger partial charge in [-0.25, -0.2) is 14.4 Å². The zero-order valence-electron chi connectivity index (χ0n) is 22.1. The largest absolute Gasteiger partial charge is 0.487 e. The molecular formula is C28H33ClFN3O4S. The standard InChI is InChI=1S/C28H33ClFN3O4S/c1-27(2,3)37-25(34)28(13-11-20(12-14-28)36-22-9-6-8-21(29)24(22)30)17-19-7-5-10-23(31-19)32-26-33(18-35-4)15-16-38-26/h5-10,15-16,20H,11-14,17-18H2,1-4H3/b32-26-/t20-,28-. The van der Waals surface area contributed by atoms with Crippen LogP contribution in [0.15, 0.2) is 53.0 Å². The van der Waals surface area contributed by atoms with Crippen LogP contribution in [0.3, 0.4) is 0 Å². The number of ether oxygens (including phenoxy) is 3. The first-order valence-corrected chi connectivity index (χ1v) is 13.8. The van der Waals surface area contributed by atoms with E-state index in [0.29, 0.717) is 44.7 Å². The number of thiazole rings is 1. The lowest BCUT2D eigenvalue weighted by Gasteiger charge is -2.39. The van der Waals surface area contributed by atoms with Crippen LogP contribution in [0.25, 0.3) is 0 Å². The second-order valence-electron chi connectivity index (χ2n) is 10.5. The lowest BCUT2D eigenvalue weighted by molar-refractivity contribution is -0.171. The predicted molar refractivity (Wildman–Crippen MR) is 145 cm³/mol. The Hall–Kier alpha value is -2.75. The Labute approximate surface area is 231 Å². The van der Waals surface area contributed by atoms with Crippen LogP contribution in [-0.4, -0.2) is 34.3 Å². The molecule has 0 radical (unpaired) electrons. The molecule has 7 nitrogen and oxygen atoms in total. The topological polar surface area (TPSA) is 74.9 Å². The van der Waals surface area contributed by atoms with Crippen LogP contribution in [0.4, 0.5) is 10.2 Å². The summed E-state index contributed by atoms with van der Waals surface area (Å²) in [6, 6.07) is 10.4. The van der Waals surface area contributed by atoms with Gasteiger partial charge in [0.2, 0.25) is 0 Å². The number of halogens is 2. The number of methoxy groups -OCH3 is 1. The van der Waals surface area contributed by atoms with Crippen LogP contribution >= 0.6 is 22.9 Å². The molecule has 10 heteroatoms. The fourth-order valence-electron chi connectivity index (χ4n) is 4.55. The molecule has 2 heterocycles. The number of pyridine rings is 1. The second-order valence-corrected chi connectivity index (χ2v) is 11.8. The number of nitrogens with zero attached hydrogens (tertiary/aromatic N) is 3. The van der Waals surface area contributed by atoms with Gasteiger partial charge in [-0.1, -0.05) is 23.7 Å². The minimum absolute atomic E-state index is 0.0214. The average Bonchev–Trinajstić information content (AvgIpc) is 3.29. The third-order valence-electron chi connectivity index (χ3n) is 6.38. The SMILES string of the molecule is COCn1ccs/c1=N\c1cccc(C[C@]2(C(=O)OC(C)(C)C)CC[C@H](Oc3cccc(Cl)c3F)CC2)n1. The summed E-state index contributed by atoms with van der Waals surface area (Å²) in [5.74, 6) is -0.136. The van der Waals surface area contributed by atoms with Gasteiger partial charge in [0.05, 0.1) is 16.5 Å². The summed E-state index contributed by atoms with van der Waals surface area (Å²) in [6.07, 6.45) is 4.27. The molecule has 0 atom stereocenters. The summed E-state index contributed by atoms with van der Waals surface area (Å²) in [4.78, 5) is 23.8. The molecule has 0 spiro atoms. The fraction of sp³-hybridized carbons (Fsp3) is 0.464. The third-order valence-corrected chi connectivity index (χ3v) is 7.47. The Bertz CT molecular complexity index is 1330. The molecule has 204 valence electrons. The van der Waals surface area contributed by atoms with Gasteiger partial charge < -0.3 is 14.2 Å². The van der Waals surface area contributed by atoms with E-state index in [9.17, 15) is 9.18 Å². The molecule has 0 saturated heterocycles. The smallest absolute Gasteiger partial charge is 0.312 e. The summed E-state index contributed by atoms with van der Waals surface area (Å²) in [5.41, 5.74) is -0.642. The summed E-state index contributed by atoms with van der Waals surface area (Å²) < 4.78 is 33.3. The number of carbonyl (C=O) groups is 1. The van der Waals surface area contributed by atoms with Crippen LogP contribution in [0.5, 0.6) is 5.75 Å². The maximum Gasteiger partial charge on any atom is 0.312 e. The van der Waals surface area contributed by atoms with Gasteiger partial charge in [0.25, 0.3) is 0 Å². The van der Waals surface area contributed by atoms with Crippen LogP contribution in [-0.2, 0) is 27.4 Å². The molecule has 1 saturated carbocycles. The van der Waals surface area contributed by atoms with E-state index in [1.54, 1.807) is 19.2 Å². The first-order chi connectivity index (χ1) is 18.1. The van der Waals surface area contributed by atoms with Gasteiger partial charge in [0.1, 0.15) is 12.3 Å². The Morgan fingerprint density at radius 1 is 1.24 bits per heavy atom. The Kier molecular flexibility index (Phi) is 8.90. The van der Waals surface area contributed by atoms with Gasteiger partial charge in [-0.2, -0.15) is 0 Å². The number of aromatic nitrogens is 2. The Balaban J connectivity index is 1.56. The summed E-state index contributed by atoms with van der Waals surface area (Å²) in [7, 11) is 1.63. The molecule has 2 aromatic heterocycles. The first-order valence-electron chi connectivity index (χ1n) is 12.6. The van der Waals surface area contributed by atoms with E-state index in [1.807, 2.05) is 55.1 Å². The molecule has 3 aromatic rings. The van der Waals surface area contributed by atoms with Gasteiger partial charge in [0, 0.05) is 30.8 Å². The lowest BCUT2D eigenvalue weighted by atomic mass is 9.70. The monoisotopic (exact) mass is 561 g/mol. The van der Waals surface area contributed by atoms with E-state index in [2.05, 4.69) is 4.99 Å². The van der Waals surface area contributed by atoms with Gasteiger partial charge >= 0.3 is 5.97 Å². The first kappa shape index (κ1) is 28.3. The minimum Gasteiger partial charge on any atom is -0.487 e. The maximum atomic E-state index is 14.4. The number of carbonyl (C=O) groups excluding carboxylic acids is 1. The van der Waals surface area contributed by atoms with E-state index >= 15 is 0 Å². The van der Waals surface area contributed by atoms with E-state index in [0.717, 1.165) is 10.5 Å². The molecule has 0 aliphatic heterocycles. The van der Waals surface area contributed by atoms with Gasteiger partial charge in [-0.3, -0.25) is 9.36 Å². The Morgan fingerprint density at radius 2 is 1.97 bits per heavy atom. The van der Waals surface area contributed by atoms with Crippen molar-refractivity contribution >= 4 is 34.7 Å². The van der Waals surface area contributed by atoms with Crippen LogP contribution in [0, 0.1) is 11.2 Å². The van der Waals surface area contributed by atoms with E-state index < -0.39 is 16.8 Å². The fourth-order valence-corrected chi connectivity index (χ4v) is 5.44. The van der Waals surface area contributed by atoms with Crippen molar-refractivity contribution in [2.24, 2.45) is 10.4 Å². The number of hydrogen-bond acceptors (Lipinski definition) is 7. The summed E-state index contributed by atoms with van der Waals surface area (Å²) in [6.45, 7) is 5.99. The molecule has 1 aromatic carbocycles. The van der Waals surface area contributed by atoms with Crippen LogP contribution in [0.1, 0.15) is 52.1 Å². The quantitative estimate of drug-likeness (QED) is 0.295. The van der Waals surface area contributed by atoms with E-state index in [-0.39, 0.29) is 22.8 Å². The highest BCUT2D eigenvalue weighted by atomic mass is 35.5. The summed E-state index contributed by atoms with van der Waals surface area (Å²) in [5, 5.41) is 1.96. The molecule has 0 bridgehead atoms.